The lowest BCUT2D eigenvalue weighted by molar-refractivity contribution is 0.602. The van der Waals surface area contributed by atoms with Gasteiger partial charge < -0.3 is 5.32 Å². The molecule has 1 fully saturated rings. The Morgan fingerprint density at radius 1 is 1.20 bits per heavy atom. The number of hydrogen-bond acceptors (Lipinski definition) is 4. The monoisotopic (exact) mass is 368 g/mol. The topological polar surface area (TPSA) is 24.9 Å². The Morgan fingerprint density at radius 2 is 2.05 bits per heavy atom. The lowest BCUT2D eigenvalue weighted by atomic mass is 10.0. The van der Waals surface area contributed by atoms with Gasteiger partial charge in [0.15, 0.2) is 0 Å². The second-order valence-corrected chi connectivity index (χ2v) is 9.25. The van der Waals surface area contributed by atoms with Crippen molar-refractivity contribution >= 4 is 38.6 Å². The van der Waals surface area contributed by atoms with E-state index in [1.54, 1.807) is 0 Å². The zero-order valence-corrected chi connectivity index (χ0v) is 14.4. The van der Waals surface area contributed by atoms with Crippen LogP contribution in [0.15, 0.2) is 15.9 Å². The van der Waals surface area contributed by atoms with E-state index in [2.05, 4.69) is 33.4 Å². The van der Waals surface area contributed by atoms with Gasteiger partial charge in [-0.1, -0.05) is 0 Å². The predicted octanol–water partition coefficient (Wildman–Crippen LogP) is 4.69. The second-order valence-electron chi connectivity index (χ2n) is 5.64. The van der Waals surface area contributed by atoms with Crippen LogP contribution in [-0.4, -0.2) is 11.0 Å². The van der Waals surface area contributed by atoms with E-state index in [0.717, 1.165) is 0 Å². The maximum Gasteiger partial charge on any atom is 0.116 e. The first-order chi connectivity index (χ1) is 9.79. The van der Waals surface area contributed by atoms with E-state index in [-0.39, 0.29) is 0 Å². The number of hydrogen-bond donors (Lipinski definition) is 1. The van der Waals surface area contributed by atoms with Gasteiger partial charge in [0.25, 0.3) is 0 Å². The molecule has 0 aliphatic heterocycles. The number of thiazole rings is 1. The lowest BCUT2D eigenvalue weighted by Crippen LogP contribution is -2.23. The van der Waals surface area contributed by atoms with Crippen LogP contribution in [0, 0.1) is 0 Å². The van der Waals surface area contributed by atoms with Crippen LogP contribution in [0.1, 0.15) is 52.2 Å². The van der Waals surface area contributed by atoms with Crippen LogP contribution in [0.5, 0.6) is 0 Å². The molecule has 0 saturated heterocycles. The minimum absolute atomic E-state index is 0.300. The summed E-state index contributed by atoms with van der Waals surface area (Å²) in [5.74, 6) is 0. The van der Waals surface area contributed by atoms with Gasteiger partial charge in [0.2, 0.25) is 0 Å². The second kappa shape index (κ2) is 5.52. The molecule has 1 atom stereocenters. The van der Waals surface area contributed by atoms with E-state index in [1.807, 2.05) is 22.7 Å². The Morgan fingerprint density at radius 3 is 2.75 bits per heavy atom. The summed E-state index contributed by atoms with van der Waals surface area (Å²) in [4.78, 5) is 7.88. The highest BCUT2D eigenvalue weighted by Gasteiger charge is 2.30. The van der Waals surface area contributed by atoms with Crippen molar-refractivity contribution in [3.05, 3.63) is 36.4 Å². The molecule has 0 radical (unpaired) electrons. The average Bonchev–Trinajstić information content (AvgIpc) is 3.01. The van der Waals surface area contributed by atoms with Gasteiger partial charge in [-0.2, -0.15) is 0 Å². The van der Waals surface area contributed by atoms with Gasteiger partial charge in [0, 0.05) is 15.8 Å². The van der Waals surface area contributed by atoms with Gasteiger partial charge in [0.1, 0.15) is 5.01 Å². The number of fused-ring (bicyclic) bond motifs is 1. The molecule has 2 heterocycles. The smallest absolute Gasteiger partial charge is 0.116 e. The van der Waals surface area contributed by atoms with E-state index in [9.17, 15) is 0 Å². The Bertz CT molecular complexity index is 592. The van der Waals surface area contributed by atoms with Crippen molar-refractivity contribution in [2.24, 2.45) is 0 Å². The highest BCUT2D eigenvalue weighted by atomic mass is 79.9. The fourth-order valence-corrected chi connectivity index (χ4v) is 5.54. The van der Waals surface area contributed by atoms with Crippen molar-refractivity contribution in [2.45, 2.75) is 50.6 Å². The molecular formula is C15H17BrN2S2. The van der Waals surface area contributed by atoms with Crippen molar-refractivity contribution in [1.29, 1.82) is 0 Å². The van der Waals surface area contributed by atoms with Gasteiger partial charge in [-0.05, 0) is 66.6 Å². The maximum absolute atomic E-state index is 4.96. The van der Waals surface area contributed by atoms with Crippen LogP contribution in [0.2, 0.25) is 0 Å². The maximum atomic E-state index is 4.96. The lowest BCUT2D eigenvalue weighted by Gasteiger charge is -2.14. The molecule has 1 N–H and O–H groups in total. The summed E-state index contributed by atoms with van der Waals surface area (Å²) < 4.78 is 1.21. The fraction of sp³-hybridized carbons (Fsp3) is 0.533. The van der Waals surface area contributed by atoms with E-state index >= 15 is 0 Å². The number of nitrogens with one attached hydrogen (secondary N) is 1. The zero-order valence-electron chi connectivity index (χ0n) is 11.2. The van der Waals surface area contributed by atoms with E-state index in [4.69, 9.17) is 4.98 Å². The summed E-state index contributed by atoms with van der Waals surface area (Å²) in [7, 11) is 0. The molecule has 2 nitrogen and oxygen atoms in total. The van der Waals surface area contributed by atoms with Crippen LogP contribution < -0.4 is 5.32 Å². The molecule has 2 aromatic heterocycles. The zero-order chi connectivity index (χ0) is 13.5. The standard InChI is InChI=1S/C15H17BrN2S2/c16-13-8-7-12(19-13)14(17-9-5-6-9)15-18-10-3-1-2-4-11(10)20-15/h7-9,14,17H,1-6H2. The molecule has 20 heavy (non-hydrogen) atoms. The highest BCUT2D eigenvalue weighted by Crippen LogP contribution is 2.38. The summed E-state index contributed by atoms with van der Waals surface area (Å²) in [6, 6.07) is 5.38. The number of thiophene rings is 1. The Balaban J connectivity index is 1.67. The molecule has 0 aromatic carbocycles. The molecule has 0 amide bonds. The summed E-state index contributed by atoms with van der Waals surface area (Å²) in [6.07, 6.45) is 7.68. The van der Waals surface area contributed by atoms with Crippen LogP contribution in [-0.2, 0) is 12.8 Å². The van der Waals surface area contributed by atoms with Gasteiger partial charge in [-0.25, -0.2) is 4.98 Å². The summed E-state index contributed by atoms with van der Waals surface area (Å²) >= 11 is 7.35. The molecule has 2 aromatic rings. The molecule has 106 valence electrons. The number of nitrogens with zero attached hydrogens (tertiary/aromatic N) is 1. The third-order valence-corrected chi connectivity index (χ3v) is 6.88. The average molecular weight is 369 g/mol. The Hall–Kier alpha value is -0.230. The minimum atomic E-state index is 0.300. The summed E-state index contributed by atoms with van der Waals surface area (Å²) in [5, 5.41) is 5.06. The summed E-state index contributed by atoms with van der Waals surface area (Å²) in [5.41, 5.74) is 1.37. The third-order valence-electron chi connectivity index (χ3n) is 3.97. The van der Waals surface area contributed by atoms with E-state index < -0.39 is 0 Å². The number of aromatic nitrogens is 1. The van der Waals surface area contributed by atoms with Gasteiger partial charge >= 0.3 is 0 Å². The third kappa shape index (κ3) is 2.73. The molecule has 2 aliphatic carbocycles. The van der Waals surface area contributed by atoms with Crippen LogP contribution in [0.25, 0.3) is 0 Å². The van der Waals surface area contributed by atoms with Crippen molar-refractivity contribution in [1.82, 2.24) is 10.3 Å². The quantitative estimate of drug-likeness (QED) is 0.846. The fourth-order valence-electron chi connectivity index (χ4n) is 2.74. The number of halogens is 1. The van der Waals surface area contributed by atoms with E-state index in [1.165, 1.54) is 62.8 Å². The highest BCUT2D eigenvalue weighted by molar-refractivity contribution is 9.11. The number of rotatable bonds is 4. The Labute approximate surface area is 135 Å². The van der Waals surface area contributed by atoms with Crippen molar-refractivity contribution in [3.8, 4) is 0 Å². The molecule has 1 unspecified atom stereocenters. The van der Waals surface area contributed by atoms with Gasteiger partial charge in [-0.15, -0.1) is 22.7 Å². The van der Waals surface area contributed by atoms with Gasteiger partial charge in [-0.3, -0.25) is 0 Å². The van der Waals surface area contributed by atoms with Crippen molar-refractivity contribution in [2.75, 3.05) is 0 Å². The first-order valence-electron chi connectivity index (χ1n) is 7.29. The SMILES string of the molecule is Brc1ccc(C(NC2CC2)c2nc3c(s2)CCCC3)s1. The first-order valence-corrected chi connectivity index (χ1v) is 9.72. The Kier molecular flexibility index (Phi) is 3.71. The van der Waals surface area contributed by atoms with Crippen molar-refractivity contribution < 1.29 is 0 Å². The molecule has 0 bridgehead atoms. The van der Waals surface area contributed by atoms with Gasteiger partial charge in [0.05, 0.1) is 15.5 Å². The summed E-state index contributed by atoms with van der Waals surface area (Å²) in [6.45, 7) is 0. The molecule has 2 aliphatic rings. The van der Waals surface area contributed by atoms with Crippen LogP contribution in [0.4, 0.5) is 0 Å². The normalized spacial score (nSPS) is 19.9. The minimum Gasteiger partial charge on any atom is -0.301 e. The number of aryl methyl sites for hydroxylation is 2. The molecule has 4 rings (SSSR count). The van der Waals surface area contributed by atoms with E-state index in [0.29, 0.717) is 12.1 Å². The largest absolute Gasteiger partial charge is 0.301 e. The molecule has 1 saturated carbocycles. The van der Waals surface area contributed by atoms with Crippen LogP contribution in [0.3, 0.4) is 0 Å². The van der Waals surface area contributed by atoms with Crippen LogP contribution >= 0.6 is 38.6 Å². The van der Waals surface area contributed by atoms with Crippen molar-refractivity contribution in [3.63, 3.8) is 0 Å². The molecule has 5 heteroatoms. The first kappa shape index (κ1) is 13.4. The molecule has 0 spiro atoms. The predicted molar refractivity (Wildman–Crippen MR) is 88.8 cm³/mol. The molecular weight excluding hydrogens is 352 g/mol.